The molecule has 0 amide bonds. The van der Waals surface area contributed by atoms with E-state index in [4.69, 9.17) is 4.99 Å². The first-order valence-corrected chi connectivity index (χ1v) is 10.4. The van der Waals surface area contributed by atoms with Gasteiger partial charge in [-0.05, 0) is 19.3 Å². The van der Waals surface area contributed by atoms with Gasteiger partial charge in [-0.25, -0.2) is 13.4 Å². The minimum absolute atomic E-state index is 0.169. The summed E-state index contributed by atoms with van der Waals surface area (Å²) < 4.78 is 23.1. The van der Waals surface area contributed by atoms with Crippen LogP contribution in [0.3, 0.4) is 0 Å². The lowest BCUT2D eigenvalue weighted by Crippen LogP contribution is -2.44. The molecule has 3 rings (SSSR count). The van der Waals surface area contributed by atoms with Gasteiger partial charge in [0.25, 0.3) is 0 Å². The quantitative estimate of drug-likeness (QED) is 0.653. The molecular formula is C14H22N4O2S2. The van der Waals surface area contributed by atoms with Crippen LogP contribution in [0, 0.1) is 5.92 Å². The second kappa shape index (κ2) is 6.54. The molecule has 1 N–H and O–H groups in total. The Labute approximate surface area is 135 Å². The maximum Gasteiger partial charge on any atom is 0.194 e. The van der Waals surface area contributed by atoms with Gasteiger partial charge in [0.1, 0.15) is 0 Å². The van der Waals surface area contributed by atoms with Gasteiger partial charge < -0.3 is 10.2 Å². The molecule has 3 heterocycles. The van der Waals surface area contributed by atoms with E-state index in [2.05, 4.69) is 22.1 Å². The molecule has 0 aromatic carbocycles. The average molecular weight is 342 g/mol. The van der Waals surface area contributed by atoms with E-state index in [0.717, 1.165) is 38.4 Å². The van der Waals surface area contributed by atoms with Crippen molar-refractivity contribution in [3.63, 3.8) is 0 Å². The Morgan fingerprint density at radius 1 is 1.59 bits per heavy atom. The van der Waals surface area contributed by atoms with Crippen molar-refractivity contribution in [2.45, 2.75) is 26.3 Å². The summed E-state index contributed by atoms with van der Waals surface area (Å²) in [6.07, 6.45) is 1.69. The first-order chi connectivity index (χ1) is 10.6. The second-order valence-electron chi connectivity index (χ2n) is 5.86. The minimum atomic E-state index is -2.82. The highest BCUT2D eigenvalue weighted by Crippen LogP contribution is 2.22. The Bertz CT molecular complexity index is 654. The SMILES string of the molecule is CCNC(=NCC1CCS(=O)(=O)C1)N1CCc2ncsc2C1. The molecule has 1 aromatic heterocycles. The third-order valence-electron chi connectivity index (χ3n) is 4.14. The van der Waals surface area contributed by atoms with Gasteiger partial charge in [-0.1, -0.05) is 0 Å². The van der Waals surface area contributed by atoms with Crippen LogP contribution in [-0.4, -0.2) is 55.4 Å². The lowest BCUT2D eigenvalue weighted by Gasteiger charge is -2.29. The molecule has 0 spiro atoms. The van der Waals surface area contributed by atoms with Crippen LogP contribution in [0.5, 0.6) is 0 Å². The molecule has 0 radical (unpaired) electrons. The van der Waals surface area contributed by atoms with Gasteiger partial charge in [0.2, 0.25) is 0 Å². The van der Waals surface area contributed by atoms with Gasteiger partial charge in [0.05, 0.1) is 29.3 Å². The topological polar surface area (TPSA) is 74.7 Å². The summed E-state index contributed by atoms with van der Waals surface area (Å²) in [4.78, 5) is 12.6. The summed E-state index contributed by atoms with van der Waals surface area (Å²) in [7, 11) is -2.82. The van der Waals surface area contributed by atoms with Crippen LogP contribution in [0.2, 0.25) is 0 Å². The van der Waals surface area contributed by atoms with Crippen molar-refractivity contribution < 1.29 is 8.42 Å². The maximum absolute atomic E-state index is 11.5. The van der Waals surface area contributed by atoms with Crippen molar-refractivity contribution in [3.05, 3.63) is 16.1 Å². The van der Waals surface area contributed by atoms with Gasteiger partial charge in [-0.15, -0.1) is 11.3 Å². The minimum Gasteiger partial charge on any atom is -0.357 e. The Kier molecular flexibility index (Phi) is 4.67. The van der Waals surface area contributed by atoms with Gasteiger partial charge in [0, 0.05) is 30.9 Å². The summed E-state index contributed by atoms with van der Waals surface area (Å²) in [5.74, 6) is 1.67. The van der Waals surface area contributed by atoms with Crippen molar-refractivity contribution >= 4 is 27.1 Å². The van der Waals surface area contributed by atoms with E-state index in [9.17, 15) is 8.42 Å². The normalized spacial score (nSPS) is 24.3. The predicted molar refractivity (Wildman–Crippen MR) is 89.0 cm³/mol. The number of nitrogens with one attached hydrogen (secondary N) is 1. The van der Waals surface area contributed by atoms with Gasteiger partial charge in [-0.2, -0.15) is 0 Å². The number of fused-ring (bicyclic) bond motifs is 1. The Hall–Kier alpha value is -1.15. The number of hydrogen-bond acceptors (Lipinski definition) is 5. The van der Waals surface area contributed by atoms with Crippen LogP contribution in [0.1, 0.15) is 23.9 Å². The molecule has 22 heavy (non-hydrogen) atoms. The predicted octanol–water partition coefficient (Wildman–Crippen LogP) is 0.901. The van der Waals surface area contributed by atoms with Crippen molar-refractivity contribution in [1.29, 1.82) is 0 Å². The van der Waals surface area contributed by atoms with E-state index in [-0.39, 0.29) is 11.7 Å². The van der Waals surface area contributed by atoms with E-state index < -0.39 is 9.84 Å². The van der Waals surface area contributed by atoms with E-state index in [1.807, 2.05) is 5.51 Å². The Morgan fingerprint density at radius 3 is 3.18 bits per heavy atom. The molecule has 2 aliphatic rings. The Morgan fingerprint density at radius 2 is 2.45 bits per heavy atom. The van der Waals surface area contributed by atoms with Gasteiger partial charge in [0.15, 0.2) is 15.8 Å². The van der Waals surface area contributed by atoms with E-state index in [1.165, 1.54) is 10.6 Å². The number of sulfone groups is 1. The zero-order valence-electron chi connectivity index (χ0n) is 12.8. The maximum atomic E-state index is 11.5. The molecule has 1 atom stereocenters. The zero-order valence-corrected chi connectivity index (χ0v) is 14.4. The fraction of sp³-hybridized carbons (Fsp3) is 0.714. The lowest BCUT2D eigenvalue weighted by molar-refractivity contribution is 0.379. The zero-order chi connectivity index (χ0) is 15.6. The standard InChI is InChI=1S/C14H22N4O2S2/c1-2-15-14(16-7-11-4-6-22(19,20)9-11)18-5-3-12-13(8-18)21-10-17-12/h10-11H,2-9H2,1H3,(H,15,16). The summed E-state index contributed by atoms with van der Waals surface area (Å²) in [5, 5.41) is 3.33. The highest BCUT2D eigenvalue weighted by Gasteiger charge is 2.28. The summed E-state index contributed by atoms with van der Waals surface area (Å²) in [5.41, 5.74) is 3.11. The highest BCUT2D eigenvalue weighted by molar-refractivity contribution is 7.91. The number of hydrogen-bond donors (Lipinski definition) is 1. The lowest BCUT2D eigenvalue weighted by atomic mass is 10.1. The molecule has 0 aliphatic carbocycles. The van der Waals surface area contributed by atoms with Crippen molar-refractivity contribution in [2.24, 2.45) is 10.9 Å². The molecule has 1 unspecified atom stereocenters. The molecule has 6 nitrogen and oxygen atoms in total. The Balaban J connectivity index is 1.66. The third kappa shape index (κ3) is 3.60. The summed E-state index contributed by atoms with van der Waals surface area (Å²) in [6, 6.07) is 0. The molecule has 2 aliphatic heterocycles. The number of guanidine groups is 1. The number of aromatic nitrogens is 1. The number of thiazole rings is 1. The third-order valence-corrected chi connectivity index (χ3v) is 6.84. The number of aliphatic imine (C=N–C) groups is 1. The van der Waals surface area contributed by atoms with E-state index in [0.29, 0.717) is 12.3 Å². The van der Waals surface area contributed by atoms with Crippen LogP contribution < -0.4 is 5.32 Å². The molecule has 1 fully saturated rings. The average Bonchev–Trinajstić information content (AvgIpc) is 3.08. The molecular weight excluding hydrogens is 320 g/mol. The molecule has 122 valence electrons. The van der Waals surface area contributed by atoms with Crippen LogP contribution in [0.25, 0.3) is 0 Å². The largest absolute Gasteiger partial charge is 0.357 e. The van der Waals surface area contributed by atoms with Crippen LogP contribution in [-0.2, 0) is 22.8 Å². The van der Waals surface area contributed by atoms with Crippen LogP contribution in [0.15, 0.2) is 10.5 Å². The van der Waals surface area contributed by atoms with Crippen molar-refractivity contribution in [2.75, 3.05) is 31.1 Å². The molecule has 1 aromatic rings. The van der Waals surface area contributed by atoms with Crippen LogP contribution in [0.4, 0.5) is 0 Å². The first kappa shape index (κ1) is 15.7. The monoisotopic (exact) mass is 342 g/mol. The highest BCUT2D eigenvalue weighted by atomic mass is 32.2. The fourth-order valence-electron chi connectivity index (χ4n) is 2.96. The summed E-state index contributed by atoms with van der Waals surface area (Å²) >= 11 is 1.69. The smallest absolute Gasteiger partial charge is 0.194 e. The van der Waals surface area contributed by atoms with Crippen LogP contribution >= 0.6 is 11.3 Å². The van der Waals surface area contributed by atoms with E-state index >= 15 is 0 Å². The molecule has 0 bridgehead atoms. The fourth-order valence-corrected chi connectivity index (χ4v) is 5.64. The van der Waals surface area contributed by atoms with E-state index in [1.54, 1.807) is 11.3 Å². The summed E-state index contributed by atoms with van der Waals surface area (Å²) in [6.45, 7) is 5.21. The van der Waals surface area contributed by atoms with Crippen molar-refractivity contribution in [3.8, 4) is 0 Å². The first-order valence-electron chi connectivity index (χ1n) is 7.72. The molecule has 0 saturated carbocycles. The molecule has 8 heteroatoms. The van der Waals surface area contributed by atoms with Crippen molar-refractivity contribution in [1.82, 2.24) is 15.2 Å². The second-order valence-corrected chi connectivity index (χ2v) is 9.03. The van der Waals surface area contributed by atoms with Gasteiger partial charge in [-0.3, -0.25) is 4.99 Å². The molecule has 1 saturated heterocycles. The number of nitrogens with zero attached hydrogens (tertiary/aromatic N) is 3. The number of rotatable bonds is 3. The van der Waals surface area contributed by atoms with Gasteiger partial charge >= 0.3 is 0 Å².